The fraction of sp³-hybridized carbons (Fsp3) is 0.250. The van der Waals surface area contributed by atoms with Gasteiger partial charge in [0, 0.05) is 5.70 Å². The summed E-state index contributed by atoms with van der Waals surface area (Å²) in [5.74, 6) is 0. The van der Waals surface area contributed by atoms with Crippen molar-refractivity contribution in [3.63, 3.8) is 0 Å². The molecule has 1 aromatic heterocycles. The van der Waals surface area contributed by atoms with Gasteiger partial charge in [-0.05, 0) is 12.5 Å². The lowest BCUT2D eigenvalue weighted by molar-refractivity contribution is 1.11. The number of nitrogens with zero attached hydrogens (tertiary/aromatic N) is 1. The fourth-order valence-corrected chi connectivity index (χ4v) is 2.73. The molecule has 1 heterocycles. The average molecular weight is 242 g/mol. The molecule has 0 aliphatic heterocycles. The number of aromatic nitrogens is 1. The van der Waals surface area contributed by atoms with E-state index in [0.717, 1.165) is 30.0 Å². The first-order valence-electron chi connectivity index (χ1n) is 5.99. The van der Waals surface area contributed by atoms with Crippen LogP contribution in [-0.2, 0) is 0 Å². The van der Waals surface area contributed by atoms with Crippen LogP contribution >= 0.6 is 11.3 Å². The van der Waals surface area contributed by atoms with E-state index in [-0.39, 0.29) is 0 Å². The number of hydrogen-bond acceptors (Lipinski definition) is 3. The maximum atomic E-state index is 4.62. The van der Waals surface area contributed by atoms with Gasteiger partial charge in [-0.2, -0.15) is 0 Å². The van der Waals surface area contributed by atoms with E-state index in [0.29, 0.717) is 0 Å². The predicted octanol–water partition coefficient (Wildman–Crippen LogP) is 1.00. The van der Waals surface area contributed by atoms with Crippen LogP contribution in [0.15, 0.2) is 24.4 Å². The molecule has 86 valence electrons. The molecule has 2 rings (SSSR count). The maximum Gasteiger partial charge on any atom is 0.187 e. The summed E-state index contributed by atoms with van der Waals surface area (Å²) in [4.78, 5) is 4.62. The van der Waals surface area contributed by atoms with Crippen molar-refractivity contribution in [3.05, 3.63) is 24.4 Å². The van der Waals surface area contributed by atoms with Gasteiger partial charge < -0.3 is 5.32 Å². The van der Waals surface area contributed by atoms with Crippen molar-refractivity contribution in [2.24, 2.45) is 0 Å². The summed E-state index contributed by atoms with van der Waals surface area (Å²) in [5, 5.41) is 4.21. The predicted molar refractivity (Wildman–Crippen MR) is 83.5 cm³/mol. The van der Waals surface area contributed by atoms with Gasteiger partial charge >= 0.3 is 0 Å². The largest absolute Gasteiger partial charge is 0.336 e. The van der Waals surface area contributed by atoms with Gasteiger partial charge in [-0.15, -0.1) is 0 Å². The zero-order chi connectivity index (χ0) is 12.4. The highest BCUT2D eigenvalue weighted by Crippen LogP contribution is 2.24. The van der Waals surface area contributed by atoms with Crippen LogP contribution in [0.25, 0.3) is 10.2 Å². The number of allylic oxidation sites excluding steroid dienone is 1. The third kappa shape index (κ3) is 2.55. The first kappa shape index (κ1) is 12.2. The van der Waals surface area contributed by atoms with Crippen molar-refractivity contribution in [2.45, 2.75) is 20.2 Å². The molecule has 0 amide bonds. The van der Waals surface area contributed by atoms with Crippen LogP contribution in [0, 0.1) is 0 Å². The van der Waals surface area contributed by atoms with E-state index >= 15 is 0 Å². The van der Waals surface area contributed by atoms with Gasteiger partial charge in [-0.1, -0.05) is 48.7 Å². The minimum Gasteiger partial charge on any atom is -0.336 e. The number of thiazole rings is 1. The Bertz CT molecular complexity index is 563. The molecule has 0 atom stereocenters. The Hall–Kier alpha value is -1.22. The van der Waals surface area contributed by atoms with Crippen LogP contribution in [0.4, 0.5) is 5.13 Å². The Morgan fingerprint density at radius 3 is 3.00 bits per heavy atom. The van der Waals surface area contributed by atoms with Crippen molar-refractivity contribution in [1.82, 2.24) is 4.98 Å². The molecule has 0 aliphatic rings. The molecule has 0 radical (unpaired) electrons. The molecule has 0 unspecified atom stereocenters. The van der Waals surface area contributed by atoms with E-state index in [1.165, 1.54) is 15.6 Å². The normalized spacial score (nSPS) is 10.5. The Kier molecular flexibility index (Phi) is 3.57. The van der Waals surface area contributed by atoms with Crippen molar-refractivity contribution >= 4 is 52.7 Å². The maximum absolute atomic E-state index is 4.62. The molecule has 0 fully saturated rings. The highest BCUT2D eigenvalue weighted by molar-refractivity contribution is 7.23. The summed E-state index contributed by atoms with van der Waals surface area (Å²) in [7, 11) is 3.21. The number of anilines is 1. The fourth-order valence-electron chi connectivity index (χ4n) is 1.77. The minimum atomic E-state index is 0.926. The minimum absolute atomic E-state index is 0.926. The number of benzene rings is 1. The van der Waals surface area contributed by atoms with Crippen molar-refractivity contribution in [3.8, 4) is 0 Å². The Morgan fingerprint density at radius 2 is 2.35 bits per heavy atom. The highest BCUT2D eigenvalue weighted by Gasteiger charge is 2.07. The van der Waals surface area contributed by atoms with Crippen LogP contribution in [0.1, 0.15) is 13.3 Å². The Labute approximate surface area is 108 Å². The second kappa shape index (κ2) is 4.96. The Balaban J connectivity index is 2.42. The van der Waals surface area contributed by atoms with E-state index < -0.39 is 0 Å². The lowest BCUT2D eigenvalue weighted by Crippen LogP contribution is -2.17. The zero-order valence-corrected chi connectivity index (χ0v) is 11.4. The molecule has 0 aliphatic carbocycles. The van der Waals surface area contributed by atoms with Crippen molar-refractivity contribution < 1.29 is 0 Å². The van der Waals surface area contributed by atoms with E-state index in [4.69, 9.17) is 0 Å². The monoisotopic (exact) mass is 242 g/mol. The molecular weight excluding hydrogens is 226 g/mol. The first-order valence-corrected chi connectivity index (χ1v) is 6.80. The summed E-state index contributed by atoms with van der Waals surface area (Å²) in [6.45, 7) is 8.21. The molecule has 1 aromatic carbocycles. The average Bonchev–Trinajstić information content (AvgIpc) is 2.71. The second-order valence-corrected chi connectivity index (χ2v) is 5.21. The molecule has 0 saturated heterocycles. The van der Waals surface area contributed by atoms with Gasteiger partial charge in [0.1, 0.15) is 7.85 Å². The van der Waals surface area contributed by atoms with Gasteiger partial charge in [0.25, 0.3) is 0 Å². The second-order valence-electron chi connectivity index (χ2n) is 4.22. The molecular formula is C12H16B2N2S. The van der Waals surface area contributed by atoms with E-state index in [2.05, 4.69) is 50.6 Å². The number of fused-ring (bicyclic) bond motifs is 1. The molecule has 2 nitrogen and oxygen atoms in total. The van der Waals surface area contributed by atoms with Crippen LogP contribution in [0.2, 0.25) is 6.82 Å². The van der Waals surface area contributed by atoms with Crippen LogP contribution in [0.5, 0.6) is 0 Å². The summed E-state index contributed by atoms with van der Waals surface area (Å²) < 4.78 is 1.27. The third-order valence-corrected chi connectivity index (χ3v) is 3.98. The molecule has 5 heteroatoms. The van der Waals surface area contributed by atoms with Gasteiger partial charge in [0.15, 0.2) is 12.4 Å². The standard InChI is InChI=1S/C12H16B2N2S/c1-4-7(2)15-12-16-10-6-8(14-3)5-9(13)11(10)17-12/h5-6,14H,2,4,13H2,1,3H3,(H,15,16). The summed E-state index contributed by atoms with van der Waals surface area (Å²) in [6.07, 6.45) is 0.926. The van der Waals surface area contributed by atoms with Crippen molar-refractivity contribution in [2.75, 3.05) is 5.32 Å². The van der Waals surface area contributed by atoms with Gasteiger partial charge in [0.2, 0.25) is 0 Å². The smallest absolute Gasteiger partial charge is 0.187 e. The number of hydrogen-bond donors (Lipinski definition) is 1. The van der Waals surface area contributed by atoms with Crippen molar-refractivity contribution in [1.29, 1.82) is 0 Å². The lowest BCUT2D eigenvalue weighted by Gasteiger charge is -2.01. The van der Waals surface area contributed by atoms with E-state index in [1.54, 1.807) is 11.3 Å². The summed E-state index contributed by atoms with van der Waals surface area (Å²) in [5.41, 5.74) is 4.77. The van der Waals surface area contributed by atoms with Gasteiger partial charge in [-0.25, -0.2) is 4.98 Å². The number of nitrogens with one attached hydrogen (secondary N) is 1. The summed E-state index contributed by atoms with van der Waals surface area (Å²) >= 11 is 1.70. The third-order valence-electron chi connectivity index (χ3n) is 2.85. The molecule has 17 heavy (non-hydrogen) atoms. The van der Waals surface area contributed by atoms with Gasteiger partial charge in [0.05, 0.1) is 10.2 Å². The highest BCUT2D eigenvalue weighted by atomic mass is 32.1. The van der Waals surface area contributed by atoms with Crippen LogP contribution < -0.4 is 16.2 Å². The quantitative estimate of drug-likeness (QED) is 0.809. The molecule has 1 N–H and O–H groups in total. The Morgan fingerprint density at radius 1 is 1.59 bits per heavy atom. The zero-order valence-electron chi connectivity index (χ0n) is 10.6. The van der Waals surface area contributed by atoms with Gasteiger partial charge in [-0.3, -0.25) is 0 Å². The van der Waals surface area contributed by atoms with E-state index in [9.17, 15) is 0 Å². The van der Waals surface area contributed by atoms with E-state index in [1.807, 2.05) is 0 Å². The van der Waals surface area contributed by atoms with Crippen LogP contribution in [-0.4, -0.2) is 20.1 Å². The molecule has 2 aromatic rings. The lowest BCUT2D eigenvalue weighted by atomic mass is 9.71. The topological polar surface area (TPSA) is 24.9 Å². The SMILES string of the molecule is Bc1cc(BC)cc2nc(NC(=C)CC)sc12. The van der Waals surface area contributed by atoms with Crippen LogP contribution in [0.3, 0.4) is 0 Å². The first-order chi connectivity index (χ1) is 8.13. The molecule has 0 saturated carbocycles. The molecule has 0 bridgehead atoms. The molecule has 0 spiro atoms. The summed E-state index contributed by atoms with van der Waals surface area (Å²) in [6, 6.07) is 4.43. The number of rotatable bonds is 4.